The summed E-state index contributed by atoms with van der Waals surface area (Å²) < 4.78 is 5.89. The monoisotopic (exact) mass is 289 g/mol. The Kier molecular flexibility index (Phi) is 2.73. The number of likely N-dealkylation sites (tertiary alicyclic amines) is 1. The molecule has 3 atom stereocenters. The van der Waals surface area contributed by atoms with Gasteiger partial charge >= 0.3 is 0 Å². The van der Waals surface area contributed by atoms with Gasteiger partial charge in [-0.1, -0.05) is 0 Å². The molecule has 104 valence electrons. The van der Waals surface area contributed by atoms with Gasteiger partial charge in [0, 0.05) is 36.0 Å². The maximum absolute atomic E-state index is 12.7. The summed E-state index contributed by atoms with van der Waals surface area (Å²) in [7, 11) is 0. The van der Waals surface area contributed by atoms with Crippen LogP contribution in [-0.4, -0.2) is 51.8 Å². The maximum atomic E-state index is 12.7. The van der Waals surface area contributed by atoms with E-state index in [0.29, 0.717) is 4.75 Å². The van der Waals surface area contributed by atoms with Crippen molar-refractivity contribution in [3.63, 3.8) is 0 Å². The first-order valence-corrected chi connectivity index (χ1v) is 7.76. The second kappa shape index (κ2) is 4.48. The van der Waals surface area contributed by atoms with E-state index in [1.807, 2.05) is 28.8 Å². The molecule has 1 aromatic heterocycles. The van der Waals surface area contributed by atoms with Crippen LogP contribution in [0.1, 0.15) is 18.1 Å². The van der Waals surface area contributed by atoms with Gasteiger partial charge in [-0.3, -0.25) is 9.78 Å². The minimum Gasteiger partial charge on any atom is -0.473 e. The molecule has 0 aliphatic carbocycles. The maximum Gasteiger partial charge on any atom is 0.251 e. The first-order valence-electron chi connectivity index (χ1n) is 6.77. The lowest BCUT2D eigenvalue weighted by molar-refractivity contribution is -0.133. The first-order chi connectivity index (χ1) is 9.77. The zero-order chi connectivity index (χ0) is 13.6. The fourth-order valence-electron chi connectivity index (χ4n) is 2.88. The van der Waals surface area contributed by atoms with Crippen LogP contribution in [0.15, 0.2) is 29.5 Å². The molecule has 6 heteroatoms. The molecule has 2 fully saturated rings. The van der Waals surface area contributed by atoms with E-state index < -0.39 is 6.04 Å². The highest BCUT2D eigenvalue weighted by Crippen LogP contribution is 2.51. The van der Waals surface area contributed by atoms with Crippen LogP contribution in [0.25, 0.3) is 0 Å². The van der Waals surface area contributed by atoms with Gasteiger partial charge in [-0.2, -0.15) is 11.8 Å². The third-order valence-electron chi connectivity index (χ3n) is 4.18. The third kappa shape index (κ3) is 1.98. The topological polar surface area (TPSA) is 54.8 Å². The number of ether oxygens (including phenoxy) is 1. The number of hydrogen-bond acceptors (Lipinski definition) is 5. The summed E-state index contributed by atoms with van der Waals surface area (Å²) in [5.74, 6) is 1.28. The van der Waals surface area contributed by atoms with Gasteiger partial charge in [0.05, 0.1) is 0 Å². The molecule has 4 rings (SSSR count). The second-order valence-corrected chi connectivity index (χ2v) is 6.96. The molecule has 0 unspecified atom stereocenters. The van der Waals surface area contributed by atoms with Crippen molar-refractivity contribution in [2.45, 2.75) is 23.3 Å². The van der Waals surface area contributed by atoms with Crippen LogP contribution in [0.5, 0.6) is 0 Å². The zero-order valence-electron chi connectivity index (χ0n) is 10.9. The number of amides is 1. The molecule has 1 amide bonds. The molecule has 3 aliphatic rings. The molecule has 1 aromatic rings. The number of aromatic nitrogens is 1. The Hall–Kier alpha value is -1.56. The van der Waals surface area contributed by atoms with Crippen LogP contribution in [-0.2, 0) is 9.53 Å². The molecule has 0 N–H and O–H groups in total. The molecule has 0 saturated carbocycles. The first kappa shape index (κ1) is 12.2. The van der Waals surface area contributed by atoms with Gasteiger partial charge in [0.2, 0.25) is 0 Å². The predicted octanol–water partition coefficient (Wildman–Crippen LogP) is 1.27. The van der Waals surface area contributed by atoms with E-state index in [9.17, 15) is 4.79 Å². The summed E-state index contributed by atoms with van der Waals surface area (Å²) in [6, 6.07) is 3.31. The van der Waals surface area contributed by atoms with Crippen LogP contribution >= 0.6 is 11.8 Å². The van der Waals surface area contributed by atoms with Gasteiger partial charge in [-0.05, 0) is 24.1 Å². The molecule has 0 radical (unpaired) electrons. The quantitative estimate of drug-likeness (QED) is 0.769. The van der Waals surface area contributed by atoms with Gasteiger partial charge < -0.3 is 9.64 Å². The van der Waals surface area contributed by atoms with E-state index in [0.717, 1.165) is 25.1 Å². The molecule has 1 spiro atoms. The third-order valence-corrected chi connectivity index (χ3v) is 5.62. The molecule has 0 aromatic carbocycles. The summed E-state index contributed by atoms with van der Waals surface area (Å²) in [4.78, 5) is 22.8. The molecule has 3 aliphatic heterocycles. The summed E-state index contributed by atoms with van der Waals surface area (Å²) >= 11 is 1.97. The lowest BCUT2D eigenvalue weighted by Gasteiger charge is -2.22. The average Bonchev–Trinajstić information content (AvgIpc) is 2.92. The fourth-order valence-corrected chi connectivity index (χ4v) is 3.81. The smallest absolute Gasteiger partial charge is 0.251 e. The Balaban J connectivity index is 1.52. The van der Waals surface area contributed by atoms with Crippen LogP contribution < -0.4 is 0 Å². The summed E-state index contributed by atoms with van der Waals surface area (Å²) in [5.41, 5.74) is 0.950. The Morgan fingerprint density at radius 2 is 2.25 bits per heavy atom. The normalized spacial score (nSPS) is 34.5. The molecule has 0 bridgehead atoms. The Morgan fingerprint density at radius 3 is 2.95 bits per heavy atom. The Bertz CT molecular complexity index is 559. The van der Waals surface area contributed by atoms with Crippen LogP contribution in [0, 0.1) is 0 Å². The number of hydrogen-bond donors (Lipinski definition) is 0. The molecule has 20 heavy (non-hydrogen) atoms. The van der Waals surface area contributed by atoms with E-state index in [-0.39, 0.29) is 12.0 Å². The van der Waals surface area contributed by atoms with E-state index in [1.165, 1.54) is 12.2 Å². The van der Waals surface area contributed by atoms with Gasteiger partial charge in [-0.15, -0.1) is 0 Å². The summed E-state index contributed by atoms with van der Waals surface area (Å²) in [6.07, 6.45) is 5.63. The highest BCUT2D eigenvalue weighted by atomic mass is 32.2. The average molecular weight is 289 g/mol. The van der Waals surface area contributed by atoms with Crippen molar-refractivity contribution in [2.75, 3.05) is 18.8 Å². The van der Waals surface area contributed by atoms with Crippen LogP contribution in [0.4, 0.5) is 0 Å². The minimum atomic E-state index is -0.448. The molecule has 4 heterocycles. The number of aliphatic imine (C=N–C) groups is 1. The Morgan fingerprint density at radius 1 is 1.45 bits per heavy atom. The van der Waals surface area contributed by atoms with Crippen molar-refractivity contribution in [1.82, 2.24) is 9.88 Å². The molecular formula is C14H15N3O2S. The van der Waals surface area contributed by atoms with Crippen LogP contribution in [0.3, 0.4) is 0 Å². The SMILES string of the molecule is O=C([C@H]1N=CO[C@@H]1c1ccncc1)N1CC[C@]2(CS2)C1. The highest BCUT2D eigenvalue weighted by Gasteiger charge is 2.51. The minimum absolute atomic E-state index is 0.0879. The van der Waals surface area contributed by atoms with Crippen molar-refractivity contribution in [2.24, 2.45) is 4.99 Å². The summed E-state index contributed by atoms with van der Waals surface area (Å²) in [6.45, 7) is 1.71. The number of nitrogens with zero attached hydrogens (tertiary/aromatic N) is 3. The fraction of sp³-hybridized carbons (Fsp3) is 0.500. The number of carbonyl (C=O) groups is 1. The second-order valence-electron chi connectivity index (χ2n) is 5.52. The number of thioether (sulfide) groups is 1. The number of rotatable bonds is 2. The zero-order valence-corrected chi connectivity index (χ0v) is 11.8. The van der Waals surface area contributed by atoms with Crippen LogP contribution in [0.2, 0.25) is 0 Å². The van der Waals surface area contributed by atoms with E-state index >= 15 is 0 Å². The molecular weight excluding hydrogens is 274 g/mol. The predicted molar refractivity (Wildman–Crippen MR) is 76.7 cm³/mol. The number of carbonyl (C=O) groups excluding carboxylic acids is 1. The largest absolute Gasteiger partial charge is 0.473 e. The van der Waals surface area contributed by atoms with E-state index in [2.05, 4.69) is 9.98 Å². The van der Waals surface area contributed by atoms with Crippen molar-refractivity contribution in [1.29, 1.82) is 0 Å². The Labute approximate surface area is 121 Å². The van der Waals surface area contributed by atoms with Crippen molar-refractivity contribution < 1.29 is 9.53 Å². The van der Waals surface area contributed by atoms with E-state index in [4.69, 9.17) is 4.74 Å². The van der Waals surface area contributed by atoms with Crippen molar-refractivity contribution in [3.8, 4) is 0 Å². The van der Waals surface area contributed by atoms with Crippen molar-refractivity contribution >= 4 is 24.1 Å². The standard InChI is InChI=1S/C14H15N3O2S/c18-13(17-6-3-14(7-17)8-20-14)11-12(19-9-16-11)10-1-4-15-5-2-10/h1-2,4-5,9,11-12H,3,6-8H2/t11-,12+,14+/m0/s1. The van der Waals surface area contributed by atoms with Gasteiger partial charge in [0.25, 0.3) is 5.91 Å². The lowest BCUT2D eigenvalue weighted by atomic mass is 10.0. The summed E-state index contributed by atoms with van der Waals surface area (Å²) in [5, 5.41) is 0. The van der Waals surface area contributed by atoms with Crippen molar-refractivity contribution in [3.05, 3.63) is 30.1 Å². The van der Waals surface area contributed by atoms with Gasteiger partial charge in [0.1, 0.15) is 0 Å². The number of pyridine rings is 1. The molecule has 2 saturated heterocycles. The lowest BCUT2D eigenvalue weighted by Crippen LogP contribution is -2.39. The van der Waals surface area contributed by atoms with Gasteiger partial charge in [-0.25, -0.2) is 4.99 Å². The molecule has 5 nitrogen and oxygen atoms in total. The highest BCUT2D eigenvalue weighted by molar-refractivity contribution is 8.07. The van der Waals surface area contributed by atoms with Gasteiger partial charge in [0.15, 0.2) is 18.5 Å². The van der Waals surface area contributed by atoms with E-state index in [1.54, 1.807) is 12.4 Å².